The zero-order valence-corrected chi connectivity index (χ0v) is 16.4. The molecule has 0 aromatic rings. The summed E-state index contributed by atoms with van der Waals surface area (Å²) in [7, 11) is -1.51. The first kappa shape index (κ1) is 17.4. The van der Waals surface area contributed by atoms with Gasteiger partial charge in [-0.3, -0.25) is 4.79 Å². The Kier molecular flexibility index (Phi) is 6.27. The molecule has 0 spiro atoms. The topological polar surface area (TPSA) is 17.1 Å². The van der Waals surface area contributed by atoms with Crippen molar-refractivity contribution in [2.24, 2.45) is 11.8 Å². The third-order valence-corrected chi connectivity index (χ3v) is 9.64. The van der Waals surface area contributed by atoms with Crippen molar-refractivity contribution in [3.63, 3.8) is 0 Å². The molecule has 1 aliphatic heterocycles. The van der Waals surface area contributed by atoms with E-state index in [1.807, 2.05) is 0 Å². The number of Topliss-reactive ketones (excluding diaryl/α,β-unsaturated/α-hetero) is 1. The van der Waals surface area contributed by atoms with Crippen molar-refractivity contribution < 1.29 is 4.79 Å². The van der Waals surface area contributed by atoms with Crippen LogP contribution in [-0.2, 0) is 4.79 Å². The first-order valence-electron chi connectivity index (χ1n) is 8.04. The van der Waals surface area contributed by atoms with E-state index < -0.39 is 8.07 Å². The van der Waals surface area contributed by atoms with Gasteiger partial charge >= 0.3 is 0 Å². The van der Waals surface area contributed by atoms with Gasteiger partial charge < -0.3 is 0 Å². The molecule has 0 bridgehead atoms. The summed E-state index contributed by atoms with van der Waals surface area (Å²) < 4.78 is 0.623. The lowest BCUT2D eigenvalue weighted by molar-refractivity contribution is -0.120. The standard InChI is InChI=1S/C17H28OS2Si/c1-5-6-8-13-14(17-19-11-7-12-20-17)9-10-15(16(13)18)21(2,3)4/h5-6,10,13-14,17H,7-9,11-12H2,1-4H3/b6-5+/t13-,14-/m0/s1. The molecule has 1 nitrogen and oxygen atoms in total. The molecule has 0 aromatic heterocycles. The Labute approximate surface area is 139 Å². The van der Waals surface area contributed by atoms with Crippen molar-refractivity contribution >= 4 is 37.4 Å². The average Bonchev–Trinajstić information content (AvgIpc) is 2.45. The van der Waals surface area contributed by atoms with E-state index in [-0.39, 0.29) is 5.92 Å². The summed E-state index contributed by atoms with van der Waals surface area (Å²) in [5.74, 6) is 3.75. The van der Waals surface area contributed by atoms with E-state index >= 15 is 0 Å². The van der Waals surface area contributed by atoms with Crippen molar-refractivity contribution in [2.45, 2.75) is 50.4 Å². The normalized spacial score (nSPS) is 29.0. The summed E-state index contributed by atoms with van der Waals surface area (Å²) in [5, 5.41) is 1.19. The van der Waals surface area contributed by atoms with E-state index in [0.717, 1.165) is 12.8 Å². The number of hydrogen-bond donors (Lipinski definition) is 0. The van der Waals surface area contributed by atoms with Crippen LogP contribution in [0.3, 0.4) is 0 Å². The molecule has 1 aliphatic carbocycles. The molecule has 2 rings (SSSR count). The fraction of sp³-hybridized carbons (Fsp3) is 0.706. The molecule has 0 amide bonds. The summed E-state index contributed by atoms with van der Waals surface area (Å²) in [5.41, 5.74) is 0. The molecular weight excluding hydrogens is 312 g/mol. The van der Waals surface area contributed by atoms with Crippen molar-refractivity contribution in [1.29, 1.82) is 0 Å². The summed E-state index contributed by atoms with van der Waals surface area (Å²) in [6.07, 6.45) is 9.96. The second kappa shape index (κ2) is 7.56. The third-order valence-electron chi connectivity index (χ3n) is 4.35. The van der Waals surface area contributed by atoms with Crippen LogP contribution in [-0.4, -0.2) is 29.9 Å². The summed E-state index contributed by atoms with van der Waals surface area (Å²) >= 11 is 4.17. The largest absolute Gasteiger partial charge is 0.295 e. The second-order valence-electron chi connectivity index (χ2n) is 7.01. The molecule has 0 radical (unpaired) electrons. The highest BCUT2D eigenvalue weighted by Gasteiger charge is 2.41. The Morgan fingerprint density at radius 2 is 1.95 bits per heavy atom. The van der Waals surface area contributed by atoms with E-state index in [4.69, 9.17) is 0 Å². The number of carbonyl (C=O) groups is 1. The zero-order valence-electron chi connectivity index (χ0n) is 13.7. The quantitative estimate of drug-likeness (QED) is 0.520. The summed E-state index contributed by atoms with van der Waals surface area (Å²) in [6.45, 7) is 8.96. The lowest BCUT2D eigenvalue weighted by Crippen LogP contribution is -2.41. The molecule has 0 saturated carbocycles. The molecule has 118 valence electrons. The Morgan fingerprint density at radius 3 is 2.52 bits per heavy atom. The van der Waals surface area contributed by atoms with E-state index in [0.29, 0.717) is 16.3 Å². The SMILES string of the molecule is C/C=C/C[C@@H]1C(=O)C([Si](C)(C)C)=CC[C@@H]1C1SCCCS1. The monoisotopic (exact) mass is 340 g/mol. The fourth-order valence-electron chi connectivity index (χ4n) is 3.21. The van der Waals surface area contributed by atoms with Gasteiger partial charge in [-0.05, 0) is 48.8 Å². The molecule has 4 heteroatoms. The Balaban J connectivity index is 2.23. The predicted molar refractivity (Wildman–Crippen MR) is 101 cm³/mol. The van der Waals surface area contributed by atoms with Crippen molar-refractivity contribution in [2.75, 3.05) is 11.5 Å². The highest BCUT2D eigenvalue weighted by Crippen LogP contribution is 2.45. The van der Waals surface area contributed by atoms with Crippen LogP contribution in [0.15, 0.2) is 23.4 Å². The van der Waals surface area contributed by atoms with Crippen LogP contribution in [0.4, 0.5) is 0 Å². The molecular formula is C17H28OS2Si. The highest BCUT2D eigenvalue weighted by atomic mass is 32.2. The van der Waals surface area contributed by atoms with Gasteiger partial charge in [-0.15, -0.1) is 23.5 Å². The number of thioether (sulfide) groups is 2. The fourth-order valence-corrected chi connectivity index (χ4v) is 8.19. The Hall–Kier alpha value is 0.0669. The maximum absolute atomic E-state index is 13.0. The molecule has 0 N–H and O–H groups in total. The van der Waals surface area contributed by atoms with Gasteiger partial charge in [0.05, 0.1) is 12.7 Å². The van der Waals surface area contributed by atoms with Crippen molar-refractivity contribution in [1.82, 2.24) is 0 Å². The molecule has 21 heavy (non-hydrogen) atoms. The Morgan fingerprint density at radius 1 is 1.29 bits per heavy atom. The first-order valence-corrected chi connectivity index (χ1v) is 13.6. The molecule has 0 unspecified atom stereocenters. The minimum absolute atomic E-state index is 0.219. The van der Waals surface area contributed by atoms with Gasteiger partial charge in [0.15, 0.2) is 5.78 Å². The molecule has 1 saturated heterocycles. The number of allylic oxidation sites excluding steroid dienone is 4. The van der Waals surface area contributed by atoms with Gasteiger partial charge in [-0.1, -0.05) is 37.9 Å². The summed E-state index contributed by atoms with van der Waals surface area (Å²) in [4.78, 5) is 13.0. The number of ketones is 1. The van der Waals surface area contributed by atoms with Crippen LogP contribution in [0, 0.1) is 11.8 Å². The van der Waals surface area contributed by atoms with Crippen LogP contribution in [0.25, 0.3) is 0 Å². The number of rotatable bonds is 4. The lowest BCUT2D eigenvalue weighted by atomic mass is 9.80. The minimum atomic E-state index is -1.51. The molecule has 1 fully saturated rings. The third kappa shape index (κ3) is 4.29. The van der Waals surface area contributed by atoms with E-state index in [9.17, 15) is 4.79 Å². The van der Waals surface area contributed by atoms with Gasteiger partial charge in [0.1, 0.15) is 0 Å². The maximum atomic E-state index is 13.0. The van der Waals surface area contributed by atoms with Crippen molar-refractivity contribution in [3.8, 4) is 0 Å². The minimum Gasteiger partial charge on any atom is -0.295 e. The van der Waals surface area contributed by atoms with Crippen LogP contribution in [0.1, 0.15) is 26.2 Å². The highest BCUT2D eigenvalue weighted by molar-refractivity contribution is 8.17. The van der Waals surface area contributed by atoms with Gasteiger partial charge in [-0.2, -0.15) is 0 Å². The van der Waals surface area contributed by atoms with E-state index in [1.54, 1.807) is 0 Å². The van der Waals surface area contributed by atoms with Crippen molar-refractivity contribution in [3.05, 3.63) is 23.4 Å². The number of hydrogen-bond acceptors (Lipinski definition) is 3. The second-order valence-corrected chi connectivity index (χ2v) is 14.8. The zero-order chi connectivity index (χ0) is 15.5. The molecule has 2 aliphatic rings. The van der Waals surface area contributed by atoms with E-state index in [1.165, 1.54) is 23.1 Å². The number of carbonyl (C=O) groups excluding carboxylic acids is 1. The average molecular weight is 341 g/mol. The van der Waals surface area contributed by atoms with Gasteiger partial charge in [0.2, 0.25) is 0 Å². The summed E-state index contributed by atoms with van der Waals surface area (Å²) in [6, 6.07) is 0. The van der Waals surface area contributed by atoms with Crippen LogP contribution in [0.5, 0.6) is 0 Å². The smallest absolute Gasteiger partial charge is 0.158 e. The Bertz CT molecular complexity index is 431. The molecule has 0 aromatic carbocycles. The first-order chi connectivity index (χ1) is 9.95. The lowest BCUT2D eigenvalue weighted by Gasteiger charge is -2.38. The molecule has 1 heterocycles. The van der Waals surface area contributed by atoms with Crippen LogP contribution in [0.2, 0.25) is 19.6 Å². The maximum Gasteiger partial charge on any atom is 0.158 e. The van der Waals surface area contributed by atoms with Crippen LogP contribution < -0.4 is 0 Å². The van der Waals surface area contributed by atoms with Gasteiger partial charge in [0.25, 0.3) is 0 Å². The van der Waals surface area contributed by atoms with Gasteiger partial charge in [0, 0.05) is 5.92 Å². The van der Waals surface area contributed by atoms with Crippen LogP contribution >= 0.6 is 23.5 Å². The van der Waals surface area contributed by atoms with Gasteiger partial charge in [-0.25, -0.2) is 0 Å². The molecule has 2 atom stereocenters. The van der Waals surface area contributed by atoms with E-state index in [2.05, 4.69) is 68.3 Å². The predicted octanol–water partition coefficient (Wildman–Crippen LogP) is 5.16.